The van der Waals surface area contributed by atoms with Crippen molar-refractivity contribution in [2.24, 2.45) is 0 Å². The van der Waals surface area contributed by atoms with E-state index in [2.05, 4.69) is 30.0 Å². The van der Waals surface area contributed by atoms with Gasteiger partial charge in [-0.3, -0.25) is 4.79 Å². The molecule has 1 aliphatic heterocycles. The molecule has 0 aromatic heterocycles. The summed E-state index contributed by atoms with van der Waals surface area (Å²) in [6.07, 6.45) is 4.66. The summed E-state index contributed by atoms with van der Waals surface area (Å²) in [5.74, 6) is -0.662. The molecule has 4 nitrogen and oxygen atoms in total. The minimum absolute atomic E-state index is 0.662. The molecular formula is C18H25NO3. The van der Waals surface area contributed by atoms with E-state index in [0.29, 0.717) is 13.2 Å². The Morgan fingerprint density at radius 2 is 1.86 bits per heavy atom. The van der Waals surface area contributed by atoms with Crippen molar-refractivity contribution < 1.29 is 14.6 Å². The normalized spacial score (nSPS) is 21.6. The minimum atomic E-state index is -0.709. The molecule has 0 unspecified atom stereocenters. The molecule has 1 aliphatic carbocycles. The van der Waals surface area contributed by atoms with E-state index in [0.717, 1.165) is 56.4 Å². The van der Waals surface area contributed by atoms with Crippen LogP contribution in [-0.2, 0) is 14.9 Å². The number of anilines is 1. The zero-order valence-electron chi connectivity index (χ0n) is 13.3. The Kier molecular flexibility index (Phi) is 4.39. The average molecular weight is 303 g/mol. The van der Waals surface area contributed by atoms with Gasteiger partial charge in [0.2, 0.25) is 0 Å². The van der Waals surface area contributed by atoms with Crippen LogP contribution in [0.1, 0.15) is 43.2 Å². The maximum atomic E-state index is 12.2. The van der Waals surface area contributed by atoms with E-state index < -0.39 is 11.4 Å². The van der Waals surface area contributed by atoms with Crippen LogP contribution in [0.4, 0.5) is 5.69 Å². The lowest BCUT2D eigenvalue weighted by Crippen LogP contribution is -2.42. The number of aryl methyl sites for hydroxylation is 1. The highest BCUT2D eigenvalue weighted by molar-refractivity contribution is 5.84. The van der Waals surface area contributed by atoms with Crippen LogP contribution < -0.4 is 4.90 Å². The number of hydrogen-bond donors (Lipinski definition) is 1. The first-order valence-corrected chi connectivity index (χ1v) is 8.31. The molecule has 0 bridgehead atoms. The largest absolute Gasteiger partial charge is 0.481 e. The molecule has 1 aromatic rings. The number of carbonyl (C=O) groups is 1. The molecule has 22 heavy (non-hydrogen) atoms. The van der Waals surface area contributed by atoms with Crippen molar-refractivity contribution in [1.82, 2.24) is 0 Å². The third-order valence-corrected chi connectivity index (χ3v) is 5.14. The monoisotopic (exact) mass is 303 g/mol. The highest BCUT2D eigenvalue weighted by Gasteiger charge is 2.43. The lowest BCUT2D eigenvalue weighted by atomic mass is 9.68. The van der Waals surface area contributed by atoms with Crippen molar-refractivity contribution in [3.63, 3.8) is 0 Å². The van der Waals surface area contributed by atoms with Gasteiger partial charge in [0, 0.05) is 18.8 Å². The second-order valence-electron chi connectivity index (χ2n) is 6.57. The quantitative estimate of drug-likeness (QED) is 0.932. The fraction of sp³-hybridized carbons (Fsp3) is 0.611. The minimum Gasteiger partial charge on any atom is -0.481 e. The summed E-state index contributed by atoms with van der Waals surface area (Å²) in [7, 11) is 0. The standard InChI is InChI=1S/C18H25NO3/c1-14-5-6-15(16(13-14)19-9-11-22-12-10-19)18(17(20)21)7-3-2-4-8-18/h5-6,13H,2-4,7-12H2,1H3,(H,20,21). The summed E-state index contributed by atoms with van der Waals surface area (Å²) in [6.45, 7) is 5.18. The smallest absolute Gasteiger partial charge is 0.314 e. The van der Waals surface area contributed by atoms with Crippen molar-refractivity contribution in [2.75, 3.05) is 31.2 Å². The van der Waals surface area contributed by atoms with Crippen LogP contribution >= 0.6 is 0 Å². The van der Waals surface area contributed by atoms with Crippen molar-refractivity contribution in [3.05, 3.63) is 29.3 Å². The number of carboxylic acid groups (broad SMARTS) is 1. The summed E-state index contributed by atoms with van der Waals surface area (Å²) < 4.78 is 5.45. The number of hydrogen-bond acceptors (Lipinski definition) is 3. The van der Waals surface area contributed by atoms with Crippen LogP contribution in [0.5, 0.6) is 0 Å². The Morgan fingerprint density at radius 3 is 2.50 bits per heavy atom. The summed E-state index contributed by atoms with van der Waals surface area (Å²) in [5.41, 5.74) is 2.58. The third kappa shape index (κ3) is 2.72. The van der Waals surface area contributed by atoms with Crippen LogP contribution in [0, 0.1) is 6.92 Å². The summed E-state index contributed by atoms with van der Waals surface area (Å²) in [4.78, 5) is 14.5. The van der Waals surface area contributed by atoms with E-state index in [1.807, 2.05) is 0 Å². The first-order chi connectivity index (χ1) is 10.6. The Labute approximate surface area is 132 Å². The van der Waals surface area contributed by atoms with Gasteiger partial charge in [-0.05, 0) is 37.0 Å². The van der Waals surface area contributed by atoms with Gasteiger partial charge in [-0.2, -0.15) is 0 Å². The van der Waals surface area contributed by atoms with Crippen molar-refractivity contribution in [3.8, 4) is 0 Å². The van der Waals surface area contributed by atoms with E-state index in [4.69, 9.17) is 4.74 Å². The van der Waals surface area contributed by atoms with Crippen LogP contribution in [0.2, 0.25) is 0 Å². The van der Waals surface area contributed by atoms with Crippen LogP contribution in [0.25, 0.3) is 0 Å². The van der Waals surface area contributed by atoms with E-state index >= 15 is 0 Å². The zero-order valence-corrected chi connectivity index (χ0v) is 13.3. The highest BCUT2D eigenvalue weighted by Crippen LogP contribution is 2.44. The summed E-state index contributed by atoms with van der Waals surface area (Å²) >= 11 is 0. The molecule has 120 valence electrons. The summed E-state index contributed by atoms with van der Waals surface area (Å²) in [5, 5.41) is 9.99. The number of ether oxygens (including phenoxy) is 1. The zero-order chi connectivity index (χ0) is 15.6. The second kappa shape index (κ2) is 6.29. The SMILES string of the molecule is Cc1ccc(C2(C(=O)O)CCCCC2)c(N2CCOCC2)c1. The van der Waals surface area contributed by atoms with Gasteiger partial charge in [-0.25, -0.2) is 0 Å². The second-order valence-corrected chi connectivity index (χ2v) is 6.57. The molecule has 2 fully saturated rings. The molecule has 1 saturated heterocycles. The van der Waals surface area contributed by atoms with E-state index in [9.17, 15) is 9.90 Å². The number of morpholine rings is 1. The van der Waals surface area contributed by atoms with Crippen LogP contribution in [-0.4, -0.2) is 37.4 Å². The molecule has 0 spiro atoms. The molecule has 1 saturated carbocycles. The number of aliphatic carboxylic acids is 1. The first-order valence-electron chi connectivity index (χ1n) is 8.31. The number of nitrogens with zero attached hydrogens (tertiary/aromatic N) is 1. The maximum Gasteiger partial charge on any atom is 0.314 e. The van der Waals surface area contributed by atoms with E-state index in [1.54, 1.807) is 0 Å². The molecule has 1 heterocycles. The predicted molar refractivity (Wildman–Crippen MR) is 86.6 cm³/mol. The van der Waals surface area contributed by atoms with Crippen molar-refractivity contribution in [2.45, 2.75) is 44.4 Å². The molecule has 4 heteroatoms. The van der Waals surface area contributed by atoms with E-state index in [1.165, 1.54) is 5.56 Å². The van der Waals surface area contributed by atoms with Gasteiger partial charge in [0.15, 0.2) is 0 Å². The van der Waals surface area contributed by atoms with Gasteiger partial charge < -0.3 is 14.7 Å². The summed E-state index contributed by atoms with van der Waals surface area (Å²) in [6, 6.07) is 6.26. The average Bonchev–Trinajstić information content (AvgIpc) is 2.56. The van der Waals surface area contributed by atoms with Gasteiger partial charge in [-0.1, -0.05) is 31.4 Å². The first kappa shape index (κ1) is 15.3. The van der Waals surface area contributed by atoms with Crippen LogP contribution in [0.3, 0.4) is 0 Å². The number of benzene rings is 1. The van der Waals surface area contributed by atoms with Crippen molar-refractivity contribution >= 4 is 11.7 Å². The number of carboxylic acids is 1. The third-order valence-electron chi connectivity index (χ3n) is 5.14. The van der Waals surface area contributed by atoms with Gasteiger partial charge >= 0.3 is 5.97 Å². The van der Waals surface area contributed by atoms with Gasteiger partial charge in [0.25, 0.3) is 0 Å². The van der Waals surface area contributed by atoms with Crippen molar-refractivity contribution in [1.29, 1.82) is 0 Å². The molecule has 0 atom stereocenters. The molecular weight excluding hydrogens is 278 g/mol. The molecule has 1 N–H and O–H groups in total. The van der Waals surface area contributed by atoms with E-state index in [-0.39, 0.29) is 0 Å². The highest BCUT2D eigenvalue weighted by atomic mass is 16.5. The Balaban J connectivity index is 2.06. The molecule has 2 aliphatic rings. The molecule has 0 radical (unpaired) electrons. The van der Waals surface area contributed by atoms with Gasteiger partial charge in [-0.15, -0.1) is 0 Å². The Hall–Kier alpha value is -1.55. The topological polar surface area (TPSA) is 49.8 Å². The lowest BCUT2D eigenvalue weighted by molar-refractivity contribution is -0.145. The maximum absolute atomic E-state index is 12.2. The lowest BCUT2D eigenvalue weighted by Gasteiger charge is -2.39. The number of rotatable bonds is 3. The van der Waals surface area contributed by atoms with Crippen LogP contribution in [0.15, 0.2) is 18.2 Å². The Bertz CT molecular complexity index is 543. The predicted octanol–water partition coefficient (Wildman–Crippen LogP) is 3.12. The molecule has 1 aromatic carbocycles. The molecule has 0 amide bonds. The fourth-order valence-corrected chi connectivity index (χ4v) is 3.87. The Morgan fingerprint density at radius 1 is 1.18 bits per heavy atom. The molecule has 3 rings (SSSR count). The fourth-order valence-electron chi connectivity index (χ4n) is 3.87. The van der Waals surface area contributed by atoms with Gasteiger partial charge in [0.05, 0.1) is 18.6 Å². The van der Waals surface area contributed by atoms with Gasteiger partial charge in [0.1, 0.15) is 0 Å².